The summed E-state index contributed by atoms with van der Waals surface area (Å²) < 4.78 is 37.7. The van der Waals surface area contributed by atoms with Gasteiger partial charge in [-0.25, -0.2) is 9.97 Å². The van der Waals surface area contributed by atoms with Gasteiger partial charge in [0.05, 0.1) is 23.6 Å². The molecule has 1 aromatic heterocycles. The average Bonchev–Trinajstić information content (AvgIpc) is 2.38. The molecule has 0 aliphatic heterocycles. The van der Waals surface area contributed by atoms with E-state index in [0.717, 1.165) is 12.1 Å². The van der Waals surface area contributed by atoms with Crippen LogP contribution >= 0.6 is 0 Å². The monoisotopic (exact) mass is 253 g/mol. The number of alkyl halides is 3. The van der Waals surface area contributed by atoms with E-state index >= 15 is 0 Å². The normalized spacial score (nSPS) is 11.3. The zero-order valence-corrected chi connectivity index (χ0v) is 9.49. The number of hydrogen-bond acceptors (Lipinski definition) is 3. The minimum Gasteiger partial charge on any atom is -0.386 e. The molecule has 94 valence electrons. The van der Waals surface area contributed by atoms with Gasteiger partial charge in [0.1, 0.15) is 0 Å². The maximum Gasteiger partial charge on any atom is 0.416 e. The lowest BCUT2D eigenvalue weighted by Gasteiger charge is -2.08. The van der Waals surface area contributed by atoms with Gasteiger partial charge < -0.3 is 5.32 Å². The number of nitrogens with one attached hydrogen (secondary N) is 1. The van der Waals surface area contributed by atoms with E-state index in [4.69, 9.17) is 0 Å². The van der Waals surface area contributed by atoms with Crippen LogP contribution in [0.25, 0.3) is 11.4 Å². The Morgan fingerprint density at radius 3 is 2.33 bits per heavy atom. The topological polar surface area (TPSA) is 37.8 Å². The first-order valence-electron chi connectivity index (χ1n) is 5.18. The molecule has 0 saturated heterocycles. The van der Waals surface area contributed by atoms with Gasteiger partial charge >= 0.3 is 6.18 Å². The first-order chi connectivity index (χ1) is 8.50. The maximum absolute atomic E-state index is 12.6. The molecule has 1 N–H and O–H groups in total. The number of aromatic nitrogens is 2. The predicted molar refractivity (Wildman–Crippen MR) is 62.0 cm³/mol. The van der Waals surface area contributed by atoms with Crippen molar-refractivity contribution in [1.82, 2.24) is 9.97 Å². The van der Waals surface area contributed by atoms with Crippen LogP contribution in [0.1, 0.15) is 5.56 Å². The summed E-state index contributed by atoms with van der Waals surface area (Å²) in [7, 11) is 1.71. The van der Waals surface area contributed by atoms with Crippen molar-refractivity contribution in [2.45, 2.75) is 6.18 Å². The van der Waals surface area contributed by atoms with Crippen LogP contribution in [-0.4, -0.2) is 17.0 Å². The van der Waals surface area contributed by atoms with E-state index in [1.165, 1.54) is 18.5 Å². The van der Waals surface area contributed by atoms with Gasteiger partial charge in [0, 0.05) is 12.6 Å². The Kier molecular flexibility index (Phi) is 3.18. The van der Waals surface area contributed by atoms with Gasteiger partial charge in [0.25, 0.3) is 0 Å². The lowest BCUT2D eigenvalue weighted by Crippen LogP contribution is -2.04. The standard InChI is InChI=1S/C12H10F3N3/c1-16-10-6-17-11(18-7-10)8-3-2-4-9(5-8)12(13,14)15/h2-7,16H,1H3. The van der Waals surface area contributed by atoms with Gasteiger partial charge in [-0.05, 0) is 12.1 Å². The SMILES string of the molecule is CNc1cnc(-c2cccc(C(F)(F)F)c2)nc1. The van der Waals surface area contributed by atoms with E-state index < -0.39 is 11.7 Å². The number of benzene rings is 1. The highest BCUT2D eigenvalue weighted by Gasteiger charge is 2.30. The zero-order chi connectivity index (χ0) is 13.2. The maximum atomic E-state index is 12.6. The Hall–Kier alpha value is -2.11. The molecule has 1 heterocycles. The van der Waals surface area contributed by atoms with Crippen molar-refractivity contribution in [2.24, 2.45) is 0 Å². The van der Waals surface area contributed by atoms with Gasteiger partial charge in [0.15, 0.2) is 5.82 Å². The first kappa shape index (κ1) is 12.3. The number of rotatable bonds is 2. The highest BCUT2D eigenvalue weighted by atomic mass is 19.4. The van der Waals surface area contributed by atoms with Crippen molar-refractivity contribution in [1.29, 1.82) is 0 Å². The highest BCUT2D eigenvalue weighted by molar-refractivity contribution is 5.57. The summed E-state index contributed by atoms with van der Waals surface area (Å²) in [6.07, 6.45) is -1.33. The minimum atomic E-state index is -4.36. The van der Waals surface area contributed by atoms with Crippen molar-refractivity contribution in [2.75, 3.05) is 12.4 Å². The number of halogens is 3. The van der Waals surface area contributed by atoms with Crippen LogP contribution in [0.5, 0.6) is 0 Å². The minimum absolute atomic E-state index is 0.264. The predicted octanol–water partition coefficient (Wildman–Crippen LogP) is 3.20. The second-order valence-electron chi connectivity index (χ2n) is 3.62. The fraction of sp³-hybridized carbons (Fsp3) is 0.167. The molecule has 3 nitrogen and oxygen atoms in total. The summed E-state index contributed by atoms with van der Waals surface area (Å²) >= 11 is 0. The van der Waals surface area contributed by atoms with Gasteiger partial charge in [0.2, 0.25) is 0 Å². The Morgan fingerprint density at radius 1 is 1.11 bits per heavy atom. The lowest BCUT2D eigenvalue weighted by atomic mass is 10.1. The number of anilines is 1. The third-order valence-electron chi connectivity index (χ3n) is 2.39. The molecule has 0 unspecified atom stereocenters. The summed E-state index contributed by atoms with van der Waals surface area (Å²) in [5.74, 6) is 0.264. The molecule has 18 heavy (non-hydrogen) atoms. The Balaban J connectivity index is 2.38. The van der Waals surface area contributed by atoms with Gasteiger partial charge in [-0.2, -0.15) is 13.2 Å². The Bertz CT molecular complexity index is 535. The fourth-order valence-electron chi connectivity index (χ4n) is 1.44. The molecule has 0 aliphatic carbocycles. The molecule has 0 aliphatic rings. The van der Waals surface area contributed by atoms with E-state index in [9.17, 15) is 13.2 Å². The second-order valence-corrected chi connectivity index (χ2v) is 3.62. The first-order valence-corrected chi connectivity index (χ1v) is 5.18. The van der Waals surface area contributed by atoms with Crippen LogP contribution in [0.2, 0.25) is 0 Å². The molecule has 0 fully saturated rings. The van der Waals surface area contributed by atoms with E-state index in [-0.39, 0.29) is 5.82 Å². The molecule has 0 radical (unpaired) electrons. The summed E-state index contributed by atoms with van der Waals surface area (Å²) in [6, 6.07) is 4.94. The number of hydrogen-bond donors (Lipinski definition) is 1. The molecule has 6 heteroatoms. The van der Waals surface area contributed by atoms with Crippen molar-refractivity contribution in [3.05, 3.63) is 42.2 Å². The van der Waals surface area contributed by atoms with E-state index in [0.29, 0.717) is 11.3 Å². The van der Waals surface area contributed by atoms with Crippen molar-refractivity contribution in [3.63, 3.8) is 0 Å². The van der Waals surface area contributed by atoms with Crippen LogP contribution in [0.3, 0.4) is 0 Å². The van der Waals surface area contributed by atoms with Crippen molar-refractivity contribution in [3.8, 4) is 11.4 Å². The molecule has 0 spiro atoms. The zero-order valence-electron chi connectivity index (χ0n) is 9.49. The molecule has 2 rings (SSSR count). The summed E-state index contributed by atoms with van der Waals surface area (Å²) in [4.78, 5) is 8.00. The summed E-state index contributed by atoms with van der Waals surface area (Å²) in [6.45, 7) is 0. The molecule has 0 saturated carbocycles. The van der Waals surface area contributed by atoms with Crippen molar-refractivity contribution >= 4 is 5.69 Å². The smallest absolute Gasteiger partial charge is 0.386 e. The van der Waals surface area contributed by atoms with Crippen LogP contribution in [0.15, 0.2) is 36.7 Å². The van der Waals surface area contributed by atoms with Crippen LogP contribution in [0.4, 0.5) is 18.9 Å². The Labute approximate surface area is 102 Å². The molecule has 1 aromatic carbocycles. The molecular weight excluding hydrogens is 243 g/mol. The second kappa shape index (κ2) is 4.64. The molecule has 0 atom stereocenters. The highest BCUT2D eigenvalue weighted by Crippen LogP contribution is 2.31. The van der Waals surface area contributed by atoms with Crippen LogP contribution in [-0.2, 0) is 6.18 Å². The van der Waals surface area contributed by atoms with Crippen LogP contribution in [0, 0.1) is 0 Å². The third kappa shape index (κ3) is 2.58. The van der Waals surface area contributed by atoms with Crippen molar-refractivity contribution < 1.29 is 13.2 Å². The largest absolute Gasteiger partial charge is 0.416 e. The fourth-order valence-corrected chi connectivity index (χ4v) is 1.44. The lowest BCUT2D eigenvalue weighted by molar-refractivity contribution is -0.137. The van der Waals surface area contributed by atoms with Gasteiger partial charge in [-0.3, -0.25) is 0 Å². The van der Waals surface area contributed by atoms with E-state index in [1.807, 2.05) is 0 Å². The molecule has 0 amide bonds. The Morgan fingerprint density at radius 2 is 1.78 bits per heavy atom. The van der Waals surface area contributed by atoms with Gasteiger partial charge in [-0.1, -0.05) is 12.1 Å². The average molecular weight is 253 g/mol. The molecular formula is C12H10F3N3. The van der Waals surface area contributed by atoms with Gasteiger partial charge in [-0.15, -0.1) is 0 Å². The number of nitrogens with zero attached hydrogens (tertiary/aromatic N) is 2. The third-order valence-corrected chi connectivity index (χ3v) is 2.39. The molecule has 0 bridgehead atoms. The molecule has 2 aromatic rings. The van der Waals surface area contributed by atoms with E-state index in [1.54, 1.807) is 13.1 Å². The summed E-state index contributed by atoms with van der Waals surface area (Å²) in [5, 5.41) is 2.84. The van der Waals surface area contributed by atoms with E-state index in [2.05, 4.69) is 15.3 Å². The van der Waals surface area contributed by atoms with Crippen LogP contribution < -0.4 is 5.32 Å². The summed E-state index contributed by atoms with van der Waals surface area (Å²) in [5.41, 5.74) is 0.333. The quantitative estimate of drug-likeness (QED) is 0.893.